The molecule has 0 radical (unpaired) electrons. The maximum absolute atomic E-state index is 11.6. The summed E-state index contributed by atoms with van der Waals surface area (Å²) >= 11 is 0. The minimum absolute atomic E-state index is 0.0128. The lowest BCUT2D eigenvalue weighted by atomic mass is 10.0. The van der Waals surface area contributed by atoms with Crippen LogP contribution in [0, 0.1) is 0 Å². The quantitative estimate of drug-likeness (QED) is 0.681. The normalized spacial score (nSPS) is 24.8. The Labute approximate surface area is 105 Å². The number of piperazine rings is 1. The second-order valence-electron chi connectivity index (χ2n) is 5.02. The van der Waals surface area contributed by atoms with E-state index in [9.17, 15) is 4.79 Å². The number of anilines is 1. The highest BCUT2D eigenvalue weighted by Gasteiger charge is 2.32. The molecule has 1 amide bonds. The summed E-state index contributed by atoms with van der Waals surface area (Å²) in [5, 5.41) is 6.24. The first-order valence-corrected chi connectivity index (χ1v) is 6.38. The number of nitrogens with one attached hydrogen (secondary N) is 2. The van der Waals surface area contributed by atoms with Gasteiger partial charge in [0.15, 0.2) is 0 Å². The molecular weight excluding hydrogens is 230 g/mol. The molecule has 1 aromatic rings. The third kappa shape index (κ3) is 1.34. The number of carbonyl (C=O) groups excluding carboxylic acids is 1. The molecule has 94 valence electrons. The average Bonchev–Trinajstić information content (AvgIpc) is 2.78. The first-order chi connectivity index (χ1) is 8.83. The van der Waals surface area contributed by atoms with Gasteiger partial charge in [0.2, 0.25) is 0 Å². The number of hydrogen-bond donors (Lipinski definition) is 2. The standard InChI is InChI=1S/C13H15N3O2/c17-13-10-4-12-11(3-8(10)5-15-13)16-2-1-14-6-9(16)7-18-12/h3-4,9,14H,1-2,5-7H2,(H,15,17). The zero-order valence-corrected chi connectivity index (χ0v) is 10.0. The fourth-order valence-corrected chi connectivity index (χ4v) is 2.99. The van der Waals surface area contributed by atoms with E-state index in [1.807, 2.05) is 6.07 Å². The summed E-state index contributed by atoms with van der Waals surface area (Å²) in [7, 11) is 0. The van der Waals surface area contributed by atoms with E-state index in [-0.39, 0.29) is 5.91 Å². The van der Waals surface area contributed by atoms with Gasteiger partial charge in [-0.15, -0.1) is 0 Å². The lowest BCUT2D eigenvalue weighted by molar-refractivity contribution is 0.0965. The van der Waals surface area contributed by atoms with Crippen molar-refractivity contribution < 1.29 is 9.53 Å². The van der Waals surface area contributed by atoms with Crippen molar-refractivity contribution in [3.8, 4) is 5.75 Å². The third-order valence-electron chi connectivity index (χ3n) is 3.96. The van der Waals surface area contributed by atoms with Crippen molar-refractivity contribution in [2.75, 3.05) is 31.1 Å². The number of carbonyl (C=O) groups is 1. The third-order valence-corrected chi connectivity index (χ3v) is 3.96. The lowest BCUT2D eigenvalue weighted by Crippen LogP contribution is -2.55. The molecule has 18 heavy (non-hydrogen) atoms. The molecule has 0 bridgehead atoms. The highest BCUT2D eigenvalue weighted by atomic mass is 16.5. The van der Waals surface area contributed by atoms with Crippen molar-refractivity contribution in [1.29, 1.82) is 0 Å². The summed E-state index contributed by atoms with van der Waals surface area (Å²) in [6.07, 6.45) is 0. The summed E-state index contributed by atoms with van der Waals surface area (Å²) in [5.74, 6) is 0.864. The zero-order valence-electron chi connectivity index (χ0n) is 10.0. The molecule has 0 aromatic heterocycles. The molecule has 3 heterocycles. The number of benzene rings is 1. The molecule has 3 aliphatic heterocycles. The van der Waals surface area contributed by atoms with Crippen LogP contribution in [-0.4, -0.2) is 38.2 Å². The molecule has 1 fully saturated rings. The van der Waals surface area contributed by atoms with Crippen LogP contribution in [0.2, 0.25) is 0 Å². The molecule has 0 aliphatic carbocycles. The van der Waals surface area contributed by atoms with Crippen molar-refractivity contribution in [2.45, 2.75) is 12.6 Å². The number of rotatable bonds is 0. The van der Waals surface area contributed by atoms with Crippen LogP contribution in [-0.2, 0) is 6.54 Å². The smallest absolute Gasteiger partial charge is 0.252 e. The molecule has 0 saturated carbocycles. The van der Waals surface area contributed by atoms with E-state index < -0.39 is 0 Å². The number of amides is 1. The Hall–Kier alpha value is -1.75. The van der Waals surface area contributed by atoms with Crippen molar-refractivity contribution in [3.05, 3.63) is 23.3 Å². The van der Waals surface area contributed by atoms with Crippen LogP contribution < -0.4 is 20.3 Å². The monoisotopic (exact) mass is 245 g/mol. The fraction of sp³-hybridized carbons (Fsp3) is 0.462. The van der Waals surface area contributed by atoms with Crippen molar-refractivity contribution in [2.24, 2.45) is 0 Å². The average molecular weight is 245 g/mol. The van der Waals surface area contributed by atoms with Crippen LogP contribution in [0.1, 0.15) is 15.9 Å². The van der Waals surface area contributed by atoms with Crippen molar-refractivity contribution in [3.63, 3.8) is 0 Å². The SMILES string of the molecule is O=C1NCc2cc3c(cc21)OCC1CNCCN31. The molecule has 5 heteroatoms. The van der Waals surface area contributed by atoms with Crippen LogP contribution in [0.5, 0.6) is 5.75 Å². The second-order valence-corrected chi connectivity index (χ2v) is 5.02. The van der Waals surface area contributed by atoms with Gasteiger partial charge in [-0.05, 0) is 17.7 Å². The first-order valence-electron chi connectivity index (χ1n) is 6.38. The predicted octanol–water partition coefficient (Wildman–Crippen LogP) is 0.101. The Kier molecular flexibility index (Phi) is 2.05. The van der Waals surface area contributed by atoms with E-state index in [4.69, 9.17) is 4.74 Å². The molecule has 1 unspecified atom stereocenters. The predicted molar refractivity (Wildman–Crippen MR) is 67.1 cm³/mol. The minimum atomic E-state index is 0.0128. The minimum Gasteiger partial charge on any atom is -0.489 e. The van der Waals surface area contributed by atoms with Gasteiger partial charge in [-0.3, -0.25) is 4.79 Å². The topological polar surface area (TPSA) is 53.6 Å². The van der Waals surface area contributed by atoms with Gasteiger partial charge in [0.05, 0.1) is 11.7 Å². The van der Waals surface area contributed by atoms with E-state index in [1.54, 1.807) is 0 Å². The highest BCUT2D eigenvalue weighted by molar-refractivity contribution is 5.99. The largest absolute Gasteiger partial charge is 0.489 e. The maximum atomic E-state index is 11.6. The molecule has 4 rings (SSSR count). The summed E-state index contributed by atoms with van der Waals surface area (Å²) in [6.45, 7) is 4.30. The highest BCUT2D eigenvalue weighted by Crippen LogP contribution is 2.37. The number of hydrogen-bond acceptors (Lipinski definition) is 4. The van der Waals surface area contributed by atoms with E-state index in [0.717, 1.165) is 42.2 Å². The van der Waals surface area contributed by atoms with E-state index in [0.29, 0.717) is 19.2 Å². The molecule has 1 saturated heterocycles. The Morgan fingerprint density at radius 2 is 2.33 bits per heavy atom. The van der Waals surface area contributed by atoms with Gasteiger partial charge < -0.3 is 20.3 Å². The summed E-state index contributed by atoms with van der Waals surface area (Å²) in [4.78, 5) is 14.0. The Morgan fingerprint density at radius 1 is 1.39 bits per heavy atom. The van der Waals surface area contributed by atoms with Gasteiger partial charge in [-0.1, -0.05) is 0 Å². The van der Waals surface area contributed by atoms with Gasteiger partial charge in [-0.25, -0.2) is 0 Å². The Bertz CT molecular complexity index is 529. The van der Waals surface area contributed by atoms with E-state index >= 15 is 0 Å². The zero-order chi connectivity index (χ0) is 12.1. The summed E-state index contributed by atoms with van der Waals surface area (Å²) in [5.41, 5.74) is 2.99. The molecule has 2 N–H and O–H groups in total. The van der Waals surface area contributed by atoms with Crippen LogP contribution >= 0.6 is 0 Å². The number of nitrogens with zero attached hydrogens (tertiary/aromatic N) is 1. The fourth-order valence-electron chi connectivity index (χ4n) is 2.99. The Morgan fingerprint density at radius 3 is 3.28 bits per heavy atom. The molecule has 1 aromatic carbocycles. The molecule has 5 nitrogen and oxygen atoms in total. The Balaban J connectivity index is 1.81. The second kappa shape index (κ2) is 3.62. The van der Waals surface area contributed by atoms with Gasteiger partial charge in [0, 0.05) is 31.7 Å². The van der Waals surface area contributed by atoms with Crippen LogP contribution in [0.15, 0.2) is 12.1 Å². The van der Waals surface area contributed by atoms with Crippen molar-refractivity contribution >= 4 is 11.6 Å². The van der Waals surface area contributed by atoms with Crippen LogP contribution in [0.4, 0.5) is 5.69 Å². The number of ether oxygens (including phenoxy) is 1. The summed E-state index contributed by atoms with van der Waals surface area (Å²) in [6, 6.07) is 4.42. The summed E-state index contributed by atoms with van der Waals surface area (Å²) < 4.78 is 5.80. The maximum Gasteiger partial charge on any atom is 0.252 e. The van der Waals surface area contributed by atoms with Crippen molar-refractivity contribution in [1.82, 2.24) is 10.6 Å². The van der Waals surface area contributed by atoms with Gasteiger partial charge in [0.1, 0.15) is 12.4 Å². The van der Waals surface area contributed by atoms with Gasteiger partial charge >= 0.3 is 0 Å². The molecule has 3 aliphatic rings. The van der Waals surface area contributed by atoms with Gasteiger partial charge in [-0.2, -0.15) is 0 Å². The van der Waals surface area contributed by atoms with Gasteiger partial charge in [0.25, 0.3) is 5.91 Å². The number of fused-ring (bicyclic) bond motifs is 4. The molecule has 0 spiro atoms. The molecular formula is C13H15N3O2. The van der Waals surface area contributed by atoms with Crippen LogP contribution in [0.3, 0.4) is 0 Å². The lowest BCUT2D eigenvalue weighted by Gasteiger charge is -2.42. The van der Waals surface area contributed by atoms with Crippen LogP contribution in [0.25, 0.3) is 0 Å². The first kappa shape index (κ1) is 10.2. The molecule has 1 atom stereocenters. The van der Waals surface area contributed by atoms with E-state index in [2.05, 4.69) is 21.6 Å². The van der Waals surface area contributed by atoms with E-state index in [1.165, 1.54) is 0 Å².